The fourth-order valence-electron chi connectivity index (χ4n) is 7.86. The number of carbonyl (C=O) groups excluding carboxylic acids is 7. The van der Waals surface area contributed by atoms with Gasteiger partial charge >= 0.3 is 6.09 Å². The molecular formula is C46H65N5O8. The number of likely N-dealkylation sites (tertiary alicyclic amines) is 2. The third-order valence-electron chi connectivity index (χ3n) is 11.3. The lowest BCUT2D eigenvalue weighted by atomic mass is 9.84. The van der Waals surface area contributed by atoms with Crippen LogP contribution >= 0.6 is 0 Å². The Hall–Kier alpha value is -5.07. The molecule has 1 aromatic rings. The number of amides is 5. The van der Waals surface area contributed by atoms with E-state index in [2.05, 4.69) is 16.0 Å². The Morgan fingerprint density at radius 2 is 1.61 bits per heavy atom. The maximum atomic E-state index is 14.4. The number of rotatable bonds is 17. The van der Waals surface area contributed by atoms with Gasteiger partial charge in [0.05, 0.1) is 12.0 Å². The van der Waals surface area contributed by atoms with Crippen LogP contribution in [0.5, 0.6) is 0 Å². The number of allylic oxidation sites excluding steroid dienone is 4. The molecule has 0 spiro atoms. The van der Waals surface area contributed by atoms with Crippen molar-refractivity contribution >= 4 is 41.3 Å². The average molecular weight is 816 g/mol. The monoisotopic (exact) mass is 815 g/mol. The number of carbonyl (C=O) groups is 7. The van der Waals surface area contributed by atoms with Crippen molar-refractivity contribution in [1.82, 2.24) is 25.8 Å². The van der Waals surface area contributed by atoms with E-state index in [1.807, 2.05) is 84.0 Å². The van der Waals surface area contributed by atoms with E-state index in [-0.39, 0.29) is 66.2 Å². The van der Waals surface area contributed by atoms with Gasteiger partial charge in [0.25, 0.3) is 0 Å². The van der Waals surface area contributed by atoms with Gasteiger partial charge in [-0.25, -0.2) is 4.79 Å². The summed E-state index contributed by atoms with van der Waals surface area (Å²) < 4.78 is 5.64. The SMILES string of the molecule is CC1=C(C)C(=O)C(CCC(=O)NCCCC[C@H](NC(=O)[C@@H]2CCCN2C(=O)[C@H](/C=C/[C@@H]2CC(C)N2C(=O)OC(C)(C)C)Cc2ccccc2)C(=O)NC(C)C)=C(C)C1=O. The number of Topliss-reactive ketones (excluding diaryl/α,β-unsaturated/α-hetero) is 2. The van der Waals surface area contributed by atoms with Gasteiger partial charge in [-0.15, -0.1) is 0 Å². The van der Waals surface area contributed by atoms with Crippen molar-refractivity contribution in [3.8, 4) is 0 Å². The van der Waals surface area contributed by atoms with Gasteiger partial charge in [-0.2, -0.15) is 0 Å². The van der Waals surface area contributed by atoms with Gasteiger partial charge < -0.3 is 25.6 Å². The van der Waals surface area contributed by atoms with Gasteiger partial charge in [0.2, 0.25) is 23.6 Å². The van der Waals surface area contributed by atoms with E-state index in [4.69, 9.17) is 4.74 Å². The molecule has 0 saturated carbocycles. The predicted octanol–water partition coefficient (Wildman–Crippen LogP) is 5.67. The molecule has 5 atom stereocenters. The standard InChI is InChI=1S/C46H65N5O8/c1-28(2)48-42(55)37(18-13-14-24-47-39(52)23-22-36-32(6)40(53)30(4)31(5)41(36)54)49-43(56)38-19-15-25-50(38)44(57)34(27-33-16-11-10-12-17-33)20-21-35-26-29(3)51(35)45(58)59-46(7,8)9/h10-12,16-17,20-21,28-29,34-35,37-38H,13-15,18-19,22-27H2,1-9H3,(H,47,52)(H,48,55)(H,49,56)/b21-20+/t29?,34-,35-,37+,38+/m1/s1. The van der Waals surface area contributed by atoms with Crippen LogP contribution in [-0.4, -0.2) is 100.0 Å². The third-order valence-corrected chi connectivity index (χ3v) is 11.3. The average Bonchev–Trinajstić information content (AvgIpc) is 3.66. The van der Waals surface area contributed by atoms with E-state index >= 15 is 0 Å². The number of benzene rings is 1. The first-order valence-corrected chi connectivity index (χ1v) is 21.2. The van der Waals surface area contributed by atoms with Crippen molar-refractivity contribution in [3.63, 3.8) is 0 Å². The number of ether oxygens (including phenoxy) is 1. The minimum absolute atomic E-state index is 0.00136. The summed E-state index contributed by atoms with van der Waals surface area (Å²) in [5, 5.41) is 8.70. The summed E-state index contributed by atoms with van der Waals surface area (Å²) in [6, 6.07) is 7.71. The van der Waals surface area contributed by atoms with Crippen molar-refractivity contribution in [2.24, 2.45) is 5.92 Å². The lowest BCUT2D eigenvalue weighted by molar-refractivity contribution is -0.141. The molecule has 3 N–H and O–H groups in total. The zero-order chi connectivity index (χ0) is 43.6. The van der Waals surface area contributed by atoms with Crippen molar-refractivity contribution < 1.29 is 38.3 Å². The molecular weight excluding hydrogens is 751 g/mol. The molecule has 2 fully saturated rings. The van der Waals surface area contributed by atoms with Gasteiger partial charge in [-0.1, -0.05) is 42.5 Å². The first-order valence-electron chi connectivity index (χ1n) is 21.2. The van der Waals surface area contributed by atoms with Crippen LogP contribution in [0.3, 0.4) is 0 Å². The Morgan fingerprint density at radius 3 is 2.25 bits per heavy atom. The number of ketones is 2. The molecule has 2 heterocycles. The topological polar surface area (TPSA) is 171 Å². The highest BCUT2D eigenvalue weighted by Crippen LogP contribution is 2.31. The quantitative estimate of drug-likeness (QED) is 0.103. The minimum Gasteiger partial charge on any atom is -0.444 e. The summed E-state index contributed by atoms with van der Waals surface area (Å²) in [6.07, 6.45) is 7.25. The highest BCUT2D eigenvalue weighted by atomic mass is 16.6. The number of hydrogen-bond donors (Lipinski definition) is 3. The van der Waals surface area contributed by atoms with Gasteiger partial charge in [0, 0.05) is 53.9 Å². The zero-order valence-electron chi connectivity index (χ0n) is 36.4. The number of nitrogens with one attached hydrogen (secondary N) is 3. The second-order valence-electron chi connectivity index (χ2n) is 17.5. The molecule has 13 nitrogen and oxygen atoms in total. The molecule has 4 rings (SSSR count). The van der Waals surface area contributed by atoms with Gasteiger partial charge in [-0.05, 0) is 119 Å². The van der Waals surface area contributed by atoms with Crippen molar-refractivity contribution in [2.75, 3.05) is 13.1 Å². The highest BCUT2D eigenvalue weighted by molar-refractivity contribution is 6.24. The smallest absolute Gasteiger partial charge is 0.411 e. The zero-order valence-corrected chi connectivity index (χ0v) is 36.4. The minimum atomic E-state index is -0.845. The summed E-state index contributed by atoms with van der Waals surface area (Å²) in [6.45, 7) is 16.8. The molecule has 322 valence electrons. The molecule has 2 aliphatic heterocycles. The Balaban J connectivity index is 1.37. The Kier molecular flexibility index (Phi) is 16.4. The summed E-state index contributed by atoms with van der Waals surface area (Å²) in [7, 11) is 0. The van der Waals surface area contributed by atoms with Crippen LogP contribution in [-0.2, 0) is 39.9 Å². The maximum Gasteiger partial charge on any atom is 0.411 e. The predicted molar refractivity (Wildman–Crippen MR) is 226 cm³/mol. The van der Waals surface area contributed by atoms with E-state index in [1.165, 1.54) is 0 Å². The van der Waals surface area contributed by atoms with Crippen molar-refractivity contribution in [1.29, 1.82) is 0 Å². The van der Waals surface area contributed by atoms with E-state index in [0.29, 0.717) is 73.9 Å². The molecule has 1 unspecified atom stereocenters. The van der Waals surface area contributed by atoms with Crippen LogP contribution in [0.25, 0.3) is 0 Å². The normalized spacial score (nSPS) is 20.8. The largest absolute Gasteiger partial charge is 0.444 e. The Bertz CT molecular complexity index is 1840. The summed E-state index contributed by atoms with van der Waals surface area (Å²) >= 11 is 0. The van der Waals surface area contributed by atoms with Crippen LogP contribution in [0.15, 0.2) is 64.8 Å². The molecule has 5 amide bonds. The molecule has 0 bridgehead atoms. The fraction of sp³-hybridized carbons (Fsp3) is 0.587. The second-order valence-corrected chi connectivity index (χ2v) is 17.5. The Labute approximate surface area is 349 Å². The number of unbranched alkanes of at least 4 members (excludes halogenated alkanes) is 1. The van der Waals surface area contributed by atoms with Crippen LogP contribution in [0, 0.1) is 5.92 Å². The van der Waals surface area contributed by atoms with Crippen LogP contribution in [0.1, 0.15) is 119 Å². The first-order chi connectivity index (χ1) is 27.8. The van der Waals surface area contributed by atoms with Crippen LogP contribution in [0.2, 0.25) is 0 Å². The first kappa shape index (κ1) is 46.6. The molecule has 13 heteroatoms. The van der Waals surface area contributed by atoms with Crippen molar-refractivity contribution in [3.05, 3.63) is 70.3 Å². The van der Waals surface area contributed by atoms with Gasteiger partial charge in [0.1, 0.15) is 17.7 Å². The Morgan fingerprint density at radius 1 is 0.932 bits per heavy atom. The fourth-order valence-corrected chi connectivity index (χ4v) is 7.86. The molecule has 0 radical (unpaired) electrons. The van der Waals surface area contributed by atoms with E-state index < -0.39 is 29.7 Å². The lowest BCUT2D eigenvalue weighted by Crippen LogP contribution is -2.57. The molecule has 0 aromatic heterocycles. The van der Waals surface area contributed by atoms with Crippen LogP contribution in [0.4, 0.5) is 4.79 Å². The summed E-state index contributed by atoms with van der Waals surface area (Å²) in [5.74, 6) is -2.09. The summed E-state index contributed by atoms with van der Waals surface area (Å²) in [5.41, 5.74) is 1.95. The maximum absolute atomic E-state index is 14.4. The molecule has 1 aromatic carbocycles. The van der Waals surface area contributed by atoms with E-state index in [9.17, 15) is 33.6 Å². The molecule has 1 aliphatic carbocycles. The third kappa shape index (κ3) is 12.7. The molecule has 3 aliphatic rings. The van der Waals surface area contributed by atoms with E-state index in [0.717, 1.165) is 12.0 Å². The van der Waals surface area contributed by atoms with Gasteiger partial charge in [0.15, 0.2) is 11.6 Å². The van der Waals surface area contributed by atoms with Gasteiger partial charge in [-0.3, -0.25) is 33.7 Å². The summed E-state index contributed by atoms with van der Waals surface area (Å²) in [4.78, 5) is 95.8. The van der Waals surface area contributed by atoms with Crippen LogP contribution < -0.4 is 16.0 Å². The number of nitrogens with zero attached hydrogens (tertiary/aromatic N) is 2. The lowest BCUT2D eigenvalue weighted by Gasteiger charge is -2.45. The number of hydrogen-bond acceptors (Lipinski definition) is 8. The molecule has 2 saturated heterocycles. The van der Waals surface area contributed by atoms with E-state index in [1.54, 1.807) is 30.6 Å². The van der Waals surface area contributed by atoms with Crippen molar-refractivity contribution in [2.45, 2.75) is 156 Å². The molecule has 59 heavy (non-hydrogen) atoms. The highest BCUT2D eigenvalue weighted by Gasteiger charge is 2.41. The second kappa shape index (κ2) is 20.8.